The summed E-state index contributed by atoms with van der Waals surface area (Å²) in [7, 11) is 0. The van der Waals surface area contributed by atoms with E-state index in [1.54, 1.807) is 6.20 Å². The van der Waals surface area contributed by atoms with Crippen molar-refractivity contribution < 1.29 is 0 Å². The Morgan fingerprint density at radius 2 is 1.88 bits per heavy atom. The van der Waals surface area contributed by atoms with Gasteiger partial charge in [-0.15, -0.1) is 0 Å². The van der Waals surface area contributed by atoms with E-state index in [1.165, 1.54) is 11.1 Å². The molecule has 0 saturated heterocycles. The summed E-state index contributed by atoms with van der Waals surface area (Å²) in [5, 5.41) is 3.36. The average molecular weight is 331 g/mol. The van der Waals surface area contributed by atoms with Crippen LogP contribution in [0.25, 0.3) is 0 Å². The summed E-state index contributed by atoms with van der Waals surface area (Å²) in [5.74, 6) is 2.49. The molecule has 2 aromatic heterocycles. The smallest absolute Gasteiger partial charge is 0.138 e. The number of hydrogen-bond donors (Lipinski definition) is 1. The molecule has 3 aromatic rings. The molecule has 0 aliphatic carbocycles. The molecule has 5 heteroatoms. The van der Waals surface area contributed by atoms with E-state index >= 15 is 0 Å². The molecule has 1 aliphatic heterocycles. The first-order chi connectivity index (χ1) is 12.3. The van der Waals surface area contributed by atoms with Gasteiger partial charge in [0.2, 0.25) is 0 Å². The molecule has 0 unspecified atom stereocenters. The summed E-state index contributed by atoms with van der Waals surface area (Å²) in [6.07, 6.45) is 2.72. The largest absolute Gasteiger partial charge is 0.325 e. The zero-order valence-electron chi connectivity index (χ0n) is 14.3. The fraction of sp³-hybridized carbons (Fsp3) is 0.250. The molecule has 1 N–H and O–H groups in total. The van der Waals surface area contributed by atoms with Crippen LogP contribution < -0.4 is 5.32 Å². The minimum atomic E-state index is 0.791. The van der Waals surface area contributed by atoms with Crippen LogP contribution in [0.3, 0.4) is 0 Å². The van der Waals surface area contributed by atoms with Crippen LogP contribution in [-0.4, -0.2) is 26.4 Å². The molecular weight excluding hydrogens is 310 g/mol. The lowest BCUT2D eigenvalue weighted by Gasteiger charge is -2.29. The topological polar surface area (TPSA) is 53.9 Å². The Kier molecular flexibility index (Phi) is 4.39. The number of nitrogens with zero attached hydrogens (tertiary/aromatic N) is 4. The third-order valence-electron chi connectivity index (χ3n) is 4.42. The van der Waals surface area contributed by atoms with Gasteiger partial charge < -0.3 is 5.32 Å². The van der Waals surface area contributed by atoms with Crippen LogP contribution in [-0.2, 0) is 19.5 Å². The van der Waals surface area contributed by atoms with Gasteiger partial charge in [-0.1, -0.05) is 36.4 Å². The highest BCUT2D eigenvalue weighted by Gasteiger charge is 2.22. The first-order valence-corrected chi connectivity index (χ1v) is 8.58. The molecular formula is C20H21N5. The summed E-state index contributed by atoms with van der Waals surface area (Å²) in [5.41, 5.74) is 3.66. The number of benzene rings is 1. The van der Waals surface area contributed by atoms with Gasteiger partial charge in [0.25, 0.3) is 0 Å². The molecule has 126 valence electrons. The van der Waals surface area contributed by atoms with Gasteiger partial charge in [-0.2, -0.15) is 0 Å². The number of rotatable bonds is 4. The fourth-order valence-corrected chi connectivity index (χ4v) is 3.25. The second-order valence-corrected chi connectivity index (χ2v) is 6.33. The van der Waals surface area contributed by atoms with Crippen molar-refractivity contribution in [2.24, 2.45) is 0 Å². The zero-order chi connectivity index (χ0) is 17.1. The zero-order valence-corrected chi connectivity index (χ0v) is 14.3. The molecule has 1 aromatic carbocycles. The molecule has 0 atom stereocenters. The van der Waals surface area contributed by atoms with Gasteiger partial charge in [0.1, 0.15) is 17.5 Å². The molecule has 0 amide bonds. The Morgan fingerprint density at radius 3 is 2.68 bits per heavy atom. The van der Waals surface area contributed by atoms with E-state index in [-0.39, 0.29) is 0 Å². The predicted octanol–water partition coefficient (Wildman–Crippen LogP) is 3.48. The van der Waals surface area contributed by atoms with Gasteiger partial charge >= 0.3 is 0 Å². The molecule has 0 bridgehead atoms. The standard InChI is InChI=1S/C20H21N5/c1-15-22-18-14-25(13-16-7-3-2-4-8-16)12-10-17(18)20(23-15)24-19-9-5-6-11-21-19/h2-9,11H,10,12-14H2,1H3,(H,21,22,23,24). The Labute approximate surface area is 147 Å². The molecule has 0 radical (unpaired) electrons. The number of aromatic nitrogens is 3. The Morgan fingerprint density at radius 1 is 1.04 bits per heavy atom. The average Bonchev–Trinajstić information content (AvgIpc) is 2.63. The van der Waals surface area contributed by atoms with E-state index in [2.05, 4.69) is 50.5 Å². The Hall–Kier alpha value is -2.79. The summed E-state index contributed by atoms with van der Waals surface area (Å²) < 4.78 is 0. The van der Waals surface area contributed by atoms with Gasteiger partial charge in [-0.05, 0) is 31.0 Å². The maximum Gasteiger partial charge on any atom is 0.138 e. The van der Waals surface area contributed by atoms with Gasteiger partial charge in [0.05, 0.1) is 5.69 Å². The lowest BCUT2D eigenvalue weighted by Crippen LogP contribution is -2.31. The molecule has 4 rings (SSSR count). The number of nitrogens with one attached hydrogen (secondary N) is 1. The third-order valence-corrected chi connectivity index (χ3v) is 4.42. The van der Waals surface area contributed by atoms with Crippen molar-refractivity contribution in [3.63, 3.8) is 0 Å². The molecule has 5 nitrogen and oxygen atoms in total. The molecule has 0 fully saturated rings. The van der Waals surface area contributed by atoms with Crippen LogP contribution >= 0.6 is 0 Å². The lowest BCUT2D eigenvalue weighted by atomic mass is 10.0. The van der Waals surface area contributed by atoms with Crippen LogP contribution in [0.4, 0.5) is 11.6 Å². The Balaban J connectivity index is 1.56. The first-order valence-electron chi connectivity index (χ1n) is 8.58. The van der Waals surface area contributed by atoms with Crippen LogP contribution in [0.2, 0.25) is 0 Å². The number of pyridine rings is 1. The van der Waals surface area contributed by atoms with Crippen LogP contribution in [0.5, 0.6) is 0 Å². The van der Waals surface area contributed by atoms with Crippen molar-refractivity contribution in [2.45, 2.75) is 26.4 Å². The number of aryl methyl sites for hydroxylation is 1. The SMILES string of the molecule is Cc1nc2c(c(Nc3ccccn3)n1)CCN(Cc1ccccc1)C2. The second-order valence-electron chi connectivity index (χ2n) is 6.33. The maximum absolute atomic E-state index is 4.69. The minimum Gasteiger partial charge on any atom is -0.325 e. The molecule has 25 heavy (non-hydrogen) atoms. The fourth-order valence-electron chi connectivity index (χ4n) is 3.25. The van der Waals surface area contributed by atoms with Gasteiger partial charge in [-0.25, -0.2) is 15.0 Å². The summed E-state index contributed by atoms with van der Waals surface area (Å²) >= 11 is 0. The van der Waals surface area contributed by atoms with Gasteiger partial charge in [0.15, 0.2) is 0 Å². The Bertz CT molecular complexity index is 849. The number of hydrogen-bond acceptors (Lipinski definition) is 5. The van der Waals surface area contributed by atoms with E-state index in [0.29, 0.717) is 0 Å². The molecule has 0 saturated carbocycles. The summed E-state index contributed by atoms with van der Waals surface area (Å²) in [6.45, 7) is 4.75. The highest BCUT2D eigenvalue weighted by molar-refractivity contribution is 5.57. The van der Waals surface area contributed by atoms with Crippen LogP contribution in [0, 0.1) is 6.92 Å². The minimum absolute atomic E-state index is 0.791. The predicted molar refractivity (Wildman–Crippen MR) is 98.5 cm³/mol. The quantitative estimate of drug-likeness (QED) is 0.793. The third kappa shape index (κ3) is 3.67. The van der Waals surface area contributed by atoms with E-state index in [0.717, 1.165) is 49.2 Å². The molecule has 0 spiro atoms. The highest BCUT2D eigenvalue weighted by Crippen LogP contribution is 2.26. The molecule has 3 heterocycles. The number of anilines is 2. The maximum atomic E-state index is 4.69. The van der Waals surface area contributed by atoms with Crippen molar-refractivity contribution in [3.05, 3.63) is 77.4 Å². The van der Waals surface area contributed by atoms with Crippen molar-refractivity contribution in [2.75, 3.05) is 11.9 Å². The second kappa shape index (κ2) is 6.99. The van der Waals surface area contributed by atoms with Gasteiger partial charge in [0, 0.05) is 31.4 Å². The summed E-state index contributed by atoms with van der Waals surface area (Å²) in [4.78, 5) is 16.1. The van der Waals surface area contributed by atoms with Crippen molar-refractivity contribution in [3.8, 4) is 0 Å². The lowest BCUT2D eigenvalue weighted by molar-refractivity contribution is 0.241. The molecule has 1 aliphatic rings. The van der Waals surface area contributed by atoms with E-state index in [1.807, 2.05) is 25.1 Å². The first kappa shape index (κ1) is 15.7. The normalized spacial score (nSPS) is 14.1. The monoisotopic (exact) mass is 331 g/mol. The van der Waals surface area contributed by atoms with Crippen LogP contribution in [0.15, 0.2) is 54.7 Å². The highest BCUT2D eigenvalue weighted by atomic mass is 15.2. The van der Waals surface area contributed by atoms with Crippen molar-refractivity contribution >= 4 is 11.6 Å². The van der Waals surface area contributed by atoms with Crippen molar-refractivity contribution in [1.29, 1.82) is 0 Å². The van der Waals surface area contributed by atoms with E-state index in [9.17, 15) is 0 Å². The van der Waals surface area contributed by atoms with Crippen LogP contribution in [0.1, 0.15) is 22.6 Å². The van der Waals surface area contributed by atoms with E-state index in [4.69, 9.17) is 4.98 Å². The van der Waals surface area contributed by atoms with Gasteiger partial charge in [-0.3, -0.25) is 4.90 Å². The van der Waals surface area contributed by atoms with E-state index < -0.39 is 0 Å². The summed E-state index contributed by atoms with van der Waals surface area (Å²) in [6, 6.07) is 16.4. The number of fused-ring (bicyclic) bond motifs is 1. The van der Waals surface area contributed by atoms with Crippen molar-refractivity contribution in [1.82, 2.24) is 19.9 Å².